The largest absolute Gasteiger partial charge is 0.496 e. The molecule has 0 saturated heterocycles. The van der Waals surface area contributed by atoms with Gasteiger partial charge >= 0.3 is 0 Å². The molecule has 0 fully saturated rings. The van der Waals surface area contributed by atoms with E-state index >= 15 is 0 Å². The van der Waals surface area contributed by atoms with Gasteiger partial charge in [-0.15, -0.1) is 0 Å². The molecular formula is C15H24O2. The smallest absolute Gasteiger partial charge is 0.124 e. The molecule has 0 radical (unpaired) electrons. The molecule has 96 valence electrons. The van der Waals surface area contributed by atoms with Crippen molar-refractivity contribution in [3.8, 4) is 5.75 Å². The Balaban J connectivity index is 2.94. The fraction of sp³-hybridized carbons (Fsp3) is 0.600. The van der Waals surface area contributed by atoms with Crippen molar-refractivity contribution >= 4 is 0 Å². The Morgan fingerprint density at radius 1 is 1.06 bits per heavy atom. The summed E-state index contributed by atoms with van der Waals surface area (Å²) in [6, 6.07) is 8.11. The third-order valence-corrected chi connectivity index (χ3v) is 2.61. The zero-order valence-corrected chi connectivity index (χ0v) is 11.6. The molecule has 0 spiro atoms. The van der Waals surface area contributed by atoms with E-state index in [2.05, 4.69) is 33.8 Å². The normalized spacial score (nSPS) is 13.1. The van der Waals surface area contributed by atoms with Crippen LogP contribution in [0.15, 0.2) is 24.3 Å². The van der Waals surface area contributed by atoms with Crippen LogP contribution < -0.4 is 4.74 Å². The number of hydrogen-bond donors (Lipinski definition) is 0. The third-order valence-electron chi connectivity index (χ3n) is 2.61. The predicted molar refractivity (Wildman–Crippen MR) is 71.4 cm³/mol. The van der Waals surface area contributed by atoms with Crippen molar-refractivity contribution in [3.63, 3.8) is 0 Å². The van der Waals surface area contributed by atoms with E-state index in [1.165, 1.54) is 0 Å². The second-order valence-corrected chi connectivity index (χ2v) is 5.04. The fourth-order valence-corrected chi connectivity index (χ4v) is 1.94. The van der Waals surface area contributed by atoms with Gasteiger partial charge in [0.1, 0.15) is 5.75 Å². The Labute approximate surface area is 105 Å². The summed E-state index contributed by atoms with van der Waals surface area (Å²) in [7, 11) is 1.71. The lowest BCUT2D eigenvalue weighted by atomic mass is 9.98. The Morgan fingerprint density at radius 2 is 1.71 bits per heavy atom. The maximum Gasteiger partial charge on any atom is 0.124 e. The monoisotopic (exact) mass is 236 g/mol. The van der Waals surface area contributed by atoms with E-state index in [1.807, 2.05) is 18.2 Å². The van der Waals surface area contributed by atoms with Gasteiger partial charge in [0.15, 0.2) is 0 Å². The van der Waals surface area contributed by atoms with Crippen molar-refractivity contribution in [1.82, 2.24) is 0 Å². The van der Waals surface area contributed by atoms with E-state index in [4.69, 9.17) is 9.47 Å². The number of rotatable bonds is 6. The number of ether oxygens (including phenoxy) is 2. The fourth-order valence-electron chi connectivity index (χ4n) is 1.94. The maximum atomic E-state index is 6.01. The first kappa shape index (κ1) is 14.0. The highest BCUT2D eigenvalue weighted by Crippen LogP contribution is 2.32. The second kappa shape index (κ2) is 6.65. The van der Waals surface area contributed by atoms with E-state index in [0.717, 1.165) is 17.7 Å². The summed E-state index contributed by atoms with van der Waals surface area (Å²) in [6.07, 6.45) is 1.35. The number of methoxy groups -OCH3 is 1. The van der Waals surface area contributed by atoms with Gasteiger partial charge in [-0.2, -0.15) is 0 Å². The molecule has 2 heteroatoms. The Bertz CT molecular complexity index is 321. The molecule has 1 atom stereocenters. The van der Waals surface area contributed by atoms with Crippen LogP contribution in [-0.4, -0.2) is 13.2 Å². The molecule has 0 aliphatic heterocycles. The molecule has 1 aromatic rings. The van der Waals surface area contributed by atoms with Gasteiger partial charge in [-0.3, -0.25) is 0 Å². The zero-order valence-electron chi connectivity index (χ0n) is 11.6. The van der Waals surface area contributed by atoms with Crippen LogP contribution in [-0.2, 0) is 4.74 Å². The molecule has 0 aromatic heterocycles. The molecule has 1 rings (SSSR count). The summed E-state index contributed by atoms with van der Waals surface area (Å²) in [4.78, 5) is 0. The lowest BCUT2D eigenvalue weighted by Crippen LogP contribution is -2.13. The number of benzene rings is 1. The van der Waals surface area contributed by atoms with E-state index in [1.54, 1.807) is 7.11 Å². The van der Waals surface area contributed by atoms with Crippen LogP contribution in [0, 0.1) is 5.92 Å². The summed E-state index contributed by atoms with van der Waals surface area (Å²) in [5.74, 6) is 1.52. The summed E-state index contributed by atoms with van der Waals surface area (Å²) in [5.41, 5.74) is 1.15. The Morgan fingerprint density at radius 3 is 2.24 bits per heavy atom. The average molecular weight is 236 g/mol. The molecule has 0 bridgehead atoms. The molecule has 0 aliphatic rings. The summed E-state index contributed by atoms with van der Waals surface area (Å²) >= 11 is 0. The van der Waals surface area contributed by atoms with Gasteiger partial charge in [0.2, 0.25) is 0 Å². The minimum absolute atomic E-state index is 0.117. The van der Waals surface area contributed by atoms with Crippen molar-refractivity contribution < 1.29 is 9.47 Å². The van der Waals surface area contributed by atoms with Crippen molar-refractivity contribution in [2.45, 2.75) is 46.3 Å². The first-order valence-electron chi connectivity index (χ1n) is 6.33. The topological polar surface area (TPSA) is 18.5 Å². The Kier molecular flexibility index (Phi) is 5.49. The van der Waals surface area contributed by atoms with Gasteiger partial charge in [-0.05, 0) is 32.3 Å². The molecule has 0 heterocycles. The first-order valence-corrected chi connectivity index (χ1v) is 6.33. The molecule has 1 aromatic carbocycles. The lowest BCUT2D eigenvalue weighted by molar-refractivity contribution is -0.00601. The minimum atomic E-state index is 0.117. The van der Waals surface area contributed by atoms with E-state index in [-0.39, 0.29) is 12.2 Å². The van der Waals surface area contributed by atoms with Gasteiger partial charge in [0, 0.05) is 5.56 Å². The minimum Gasteiger partial charge on any atom is -0.496 e. The lowest BCUT2D eigenvalue weighted by Gasteiger charge is -2.24. The van der Waals surface area contributed by atoms with Crippen LogP contribution in [0.3, 0.4) is 0 Å². The molecule has 0 amide bonds. The maximum absolute atomic E-state index is 6.01. The molecule has 2 nitrogen and oxygen atoms in total. The van der Waals surface area contributed by atoms with Gasteiger partial charge < -0.3 is 9.47 Å². The van der Waals surface area contributed by atoms with E-state index in [0.29, 0.717) is 5.92 Å². The van der Waals surface area contributed by atoms with Crippen LogP contribution in [0.5, 0.6) is 5.75 Å². The predicted octanol–water partition coefficient (Wildman–Crippen LogP) is 4.21. The SMILES string of the molecule is COc1ccccc1[C@H](CC(C)C)OC(C)C. The molecule has 17 heavy (non-hydrogen) atoms. The standard InChI is InChI=1S/C15H24O2/c1-11(2)10-15(17-12(3)4)13-8-6-7-9-14(13)16-5/h6-9,11-12,15H,10H2,1-5H3/t15-/m0/s1. The van der Waals surface area contributed by atoms with E-state index in [9.17, 15) is 0 Å². The number of hydrogen-bond acceptors (Lipinski definition) is 2. The van der Waals surface area contributed by atoms with Crippen molar-refractivity contribution in [2.75, 3.05) is 7.11 Å². The van der Waals surface area contributed by atoms with Crippen LogP contribution in [0.4, 0.5) is 0 Å². The average Bonchev–Trinajstić information content (AvgIpc) is 2.27. The van der Waals surface area contributed by atoms with Crippen LogP contribution in [0.25, 0.3) is 0 Å². The first-order chi connectivity index (χ1) is 8.04. The highest BCUT2D eigenvalue weighted by molar-refractivity contribution is 5.35. The molecule has 0 saturated carbocycles. The molecular weight excluding hydrogens is 212 g/mol. The van der Waals surface area contributed by atoms with Gasteiger partial charge in [-0.25, -0.2) is 0 Å². The molecule has 0 unspecified atom stereocenters. The summed E-state index contributed by atoms with van der Waals surface area (Å²) in [6.45, 7) is 8.57. The number of para-hydroxylation sites is 1. The Hall–Kier alpha value is -1.02. The van der Waals surface area contributed by atoms with Gasteiger partial charge in [0.05, 0.1) is 19.3 Å². The van der Waals surface area contributed by atoms with E-state index < -0.39 is 0 Å². The second-order valence-electron chi connectivity index (χ2n) is 5.04. The molecule has 0 aliphatic carbocycles. The third kappa shape index (κ3) is 4.39. The van der Waals surface area contributed by atoms with Crippen LogP contribution >= 0.6 is 0 Å². The van der Waals surface area contributed by atoms with Crippen molar-refractivity contribution in [2.24, 2.45) is 5.92 Å². The van der Waals surface area contributed by atoms with Crippen molar-refractivity contribution in [1.29, 1.82) is 0 Å². The highest BCUT2D eigenvalue weighted by atomic mass is 16.5. The summed E-state index contributed by atoms with van der Waals surface area (Å²) in [5, 5.41) is 0. The van der Waals surface area contributed by atoms with Gasteiger partial charge in [-0.1, -0.05) is 32.0 Å². The van der Waals surface area contributed by atoms with Crippen LogP contribution in [0.2, 0.25) is 0 Å². The quantitative estimate of drug-likeness (QED) is 0.736. The highest BCUT2D eigenvalue weighted by Gasteiger charge is 2.18. The van der Waals surface area contributed by atoms with Crippen LogP contribution in [0.1, 0.15) is 45.8 Å². The zero-order chi connectivity index (χ0) is 12.8. The van der Waals surface area contributed by atoms with Gasteiger partial charge in [0.25, 0.3) is 0 Å². The van der Waals surface area contributed by atoms with Crippen molar-refractivity contribution in [3.05, 3.63) is 29.8 Å². The molecule has 0 N–H and O–H groups in total. The summed E-state index contributed by atoms with van der Waals surface area (Å²) < 4.78 is 11.4.